The van der Waals surface area contributed by atoms with Gasteiger partial charge in [-0.15, -0.1) is 0 Å². The molecule has 0 spiro atoms. The molecule has 0 N–H and O–H groups in total. The number of hydrogen-bond donors (Lipinski definition) is 0. The van der Waals surface area contributed by atoms with Gasteiger partial charge in [0.25, 0.3) is 0 Å². The Hall–Kier alpha value is -0.660. The maximum absolute atomic E-state index is 11.1. The molecule has 0 fully saturated rings. The molecule has 0 aliphatic carbocycles. The molecule has 0 aromatic carbocycles. The molecular weight excluding hydrogens is 248 g/mol. The van der Waals surface area contributed by atoms with Crippen LogP contribution in [0.15, 0.2) is 0 Å². The van der Waals surface area contributed by atoms with Crippen LogP contribution in [0.4, 0.5) is 0 Å². The van der Waals surface area contributed by atoms with Gasteiger partial charge < -0.3 is 4.79 Å². The highest BCUT2D eigenvalue weighted by Crippen LogP contribution is 2.14. The Bertz CT molecular complexity index is 253. The lowest BCUT2D eigenvalue weighted by Crippen LogP contribution is -2.05. The van der Waals surface area contributed by atoms with Crippen molar-refractivity contribution < 1.29 is 9.59 Å². The smallest absolute Gasteiger partial charge is 0.133 e. The number of Topliss-reactive ketones (excluding diaryl/α,β-unsaturated/α-hetero) is 2. The van der Waals surface area contributed by atoms with Crippen LogP contribution in [0, 0.1) is 23.7 Å². The van der Waals surface area contributed by atoms with E-state index in [4.69, 9.17) is 0 Å². The summed E-state index contributed by atoms with van der Waals surface area (Å²) in [5, 5.41) is 0. The third-order valence-electron chi connectivity index (χ3n) is 2.78. The summed E-state index contributed by atoms with van der Waals surface area (Å²) in [5.41, 5.74) is 0. The standard InChI is InChI=1S/2C9H18O/c1-7(2)5-8(3)6-9(4)10;1-7(2)5-9(10)6-8(3)4/h2*7-8H,5-6H2,1-4H3. The number of rotatable bonds is 8. The van der Waals surface area contributed by atoms with Crippen LogP contribution in [0.25, 0.3) is 0 Å². The highest BCUT2D eigenvalue weighted by Gasteiger charge is 2.07. The van der Waals surface area contributed by atoms with Gasteiger partial charge >= 0.3 is 0 Å². The first-order valence-electron chi connectivity index (χ1n) is 8.05. The zero-order valence-corrected chi connectivity index (χ0v) is 15.0. The predicted octanol–water partition coefficient (Wildman–Crippen LogP) is 5.30. The van der Waals surface area contributed by atoms with Crippen molar-refractivity contribution in [3.63, 3.8) is 0 Å². The molecule has 20 heavy (non-hydrogen) atoms. The number of hydrogen-bond acceptors (Lipinski definition) is 2. The Morgan fingerprint density at radius 3 is 1.35 bits per heavy atom. The monoisotopic (exact) mass is 284 g/mol. The van der Waals surface area contributed by atoms with Gasteiger partial charge in [-0.2, -0.15) is 0 Å². The van der Waals surface area contributed by atoms with E-state index >= 15 is 0 Å². The summed E-state index contributed by atoms with van der Waals surface area (Å²) in [7, 11) is 0. The molecule has 0 saturated heterocycles. The summed E-state index contributed by atoms with van der Waals surface area (Å²) in [4.78, 5) is 21.7. The zero-order valence-electron chi connectivity index (χ0n) is 15.0. The van der Waals surface area contributed by atoms with Gasteiger partial charge in [0, 0.05) is 19.3 Å². The Labute approximate surface area is 126 Å². The van der Waals surface area contributed by atoms with E-state index in [1.165, 1.54) is 6.42 Å². The third kappa shape index (κ3) is 19.7. The van der Waals surface area contributed by atoms with Crippen molar-refractivity contribution in [2.45, 2.75) is 81.1 Å². The lowest BCUT2D eigenvalue weighted by Gasteiger charge is -2.10. The average molecular weight is 284 g/mol. The fourth-order valence-electron chi connectivity index (χ4n) is 2.37. The molecule has 2 heteroatoms. The summed E-state index contributed by atoms with van der Waals surface area (Å²) in [6.07, 6.45) is 3.41. The van der Waals surface area contributed by atoms with E-state index in [-0.39, 0.29) is 0 Å². The van der Waals surface area contributed by atoms with Crippen molar-refractivity contribution in [3.8, 4) is 0 Å². The van der Waals surface area contributed by atoms with E-state index in [1.54, 1.807) is 6.92 Å². The van der Waals surface area contributed by atoms with Crippen molar-refractivity contribution in [2.24, 2.45) is 23.7 Å². The largest absolute Gasteiger partial charge is 0.300 e. The highest BCUT2D eigenvalue weighted by molar-refractivity contribution is 5.78. The van der Waals surface area contributed by atoms with Gasteiger partial charge in [-0.05, 0) is 37.0 Å². The summed E-state index contributed by atoms with van der Waals surface area (Å²) in [6.45, 7) is 16.5. The van der Waals surface area contributed by atoms with Crippen LogP contribution in [0.2, 0.25) is 0 Å². The summed E-state index contributed by atoms with van der Waals surface area (Å²) < 4.78 is 0. The van der Waals surface area contributed by atoms with Gasteiger partial charge in [-0.25, -0.2) is 0 Å². The maximum atomic E-state index is 11.1. The van der Waals surface area contributed by atoms with Crippen LogP contribution in [-0.2, 0) is 9.59 Å². The van der Waals surface area contributed by atoms with Crippen molar-refractivity contribution in [1.29, 1.82) is 0 Å². The van der Waals surface area contributed by atoms with Gasteiger partial charge in [0.15, 0.2) is 0 Å². The molecule has 0 aromatic heterocycles. The summed E-state index contributed by atoms with van der Waals surface area (Å²) >= 11 is 0. The average Bonchev–Trinajstić information content (AvgIpc) is 2.11. The van der Waals surface area contributed by atoms with Gasteiger partial charge in [-0.3, -0.25) is 4.79 Å². The van der Waals surface area contributed by atoms with Crippen LogP contribution in [0.1, 0.15) is 81.1 Å². The highest BCUT2D eigenvalue weighted by atomic mass is 16.1. The third-order valence-corrected chi connectivity index (χ3v) is 2.78. The Morgan fingerprint density at radius 2 is 1.10 bits per heavy atom. The molecular formula is C18H36O2. The number of carbonyl (C=O) groups is 2. The summed E-state index contributed by atoms with van der Waals surface area (Å²) in [6, 6.07) is 0. The quantitative estimate of drug-likeness (QED) is 0.606. The van der Waals surface area contributed by atoms with Crippen molar-refractivity contribution in [2.75, 3.05) is 0 Å². The van der Waals surface area contributed by atoms with E-state index in [1.807, 2.05) is 0 Å². The van der Waals surface area contributed by atoms with E-state index in [0.717, 1.165) is 19.3 Å². The Balaban J connectivity index is 0. The molecule has 0 radical (unpaired) electrons. The van der Waals surface area contributed by atoms with E-state index in [9.17, 15) is 9.59 Å². The van der Waals surface area contributed by atoms with E-state index in [0.29, 0.717) is 35.2 Å². The molecule has 120 valence electrons. The first-order chi connectivity index (χ1) is 9.04. The Morgan fingerprint density at radius 1 is 0.700 bits per heavy atom. The van der Waals surface area contributed by atoms with Gasteiger partial charge in [0.05, 0.1) is 0 Å². The lowest BCUT2D eigenvalue weighted by molar-refractivity contribution is -0.120. The van der Waals surface area contributed by atoms with Gasteiger partial charge in [-0.1, -0.05) is 48.5 Å². The molecule has 1 unspecified atom stereocenters. The van der Waals surface area contributed by atoms with Crippen LogP contribution >= 0.6 is 0 Å². The molecule has 0 bridgehead atoms. The minimum Gasteiger partial charge on any atom is -0.300 e. The molecule has 0 saturated carbocycles. The molecule has 2 nitrogen and oxygen atoms in total. The maximum Gasteiger partial charge on any atom is 0.133 e. The lowest BCUT2D eigenvalue weighted by atomic mass is 9.95. The van der Waals surface area contributed by atoms with Crippen molar-refractivity contribution in [1.82, 2.24) is 0 Å². The summed E-state index contributed by atoms with van der Waals surface area (Å²) in [5.74, 6) is 3.04. The SMILES string of the molecule is CC(=O)CC(C)CC(C)C.CC(C)CC(=O)CC(C)C. The van der Waals surface area contributed by atoms with Crippen molar-refractivity contribution >= 4 is 11.6 Å². The second kappa shape index (κ2) is 12.1. The van der Waals surface area contributed by atoms with Crippen LogP contribution < -0.4 is 0 Å². The first-order valence-corrected chi connectivity index (χ1v) is 8.05. The predicted molar refractivity (Wildman–Crippen MR) is 87.8 cm³/mol. The molecule has 0 rings (SSSR count). The second-order valence-corrected chi connectivity index (χ2v) is 7.38. The normalized spacial score (nSPS) is 12.3. The number of ketones is 2. The van der Waals surface area contributed by atoms with Crippen LogP contribution in [0.5, 0.6) is 0 Å². The minimum atomic E-state index is 0.313. The Kier molecular flexibility index (Phi) is 13.1. The number of carbonyl (C=O) groups excluding carboxylic acids is 2. The fourth-order valence-corrected chi connectivity index (χ4v) is 2.37. The van der Waals surface area contributed by atoms with Crippen LogP contribution in [0.3, 0.4) is 0 Å². The van der Waals surface area contributed by atoms with E-state index in [2.05, 4.69) is 48.5 Å². The van der Waals surface area contributed by atoms with Gasteiger partial charge in [0.2, 0.25) is 0 Å². The molecule has 0 aliphatic heterocycles. The van der Waals surface area contributed by atoms with Crippen molar-refractivity contribution in [3.05, 3.63) is 0 Å². The molecule has 0 aromatic rings. The second-order valence-electron chi connectivity index (χ2n) is 7.38. The van der Waals surface area contributed by atoms with Crippen LogP contribution in [-0.4, -0.2) is 11.6 Å². The minimum absolute atomic E-state index is 0.313. The molecule has 0 amide bonds. The molecule has 0 aliphatic rings. The fraction of sp³-hybridized carbons (Fsp3) is 0.889. The zero-order chi connectivity index (χ0) is 16.3. The van der Waals surface area contributed by atoms with Gasteiger partial charge in [0.1, 0.15) is 11.6 Å². The first kappa shape index (κ1) is 21.6. The molecule has 1 atom stereocenters. The molecule has 0 heterocycles. The topological polar surface area (TPSA) is 34.1 Å². The van der Waals surface area contributed by atoms with E-state index < -0.39 is 0 Å².